The molecule has 1 aromatic heterocycles. The smallest absolute Gasteiger partial charge is 0.151 e. The first kappa shape index (κ1) is 15.0. The normalized spacial score (nSPS) is 19.1. The van der Waals surface area contributed by atoms with Crippen LogP contribution in [0.5, 0.6) is 0 Å². The first-order chi connectivity index (χ1) is 10.6. The lowest BCUT2D eigenvalue weighted by Gasteiger charge is -2.30. The van der Waals surface area contributed by atoms with Crippen molar-refractivity contribution in [3.05, 3.63) is 41.5 Å². The predicted octanol–water partition coefficient (Wildman–Crippen LogP) is 3.27. The zero-order valence-electron chi connectivity index (χ0n) is 13.6. The van der Waals surface area contributed by atoms with Crippen LogP contribution >= 0.6 is 0 Å². The van der Waals surface area contributed by atoms with Gasteiger partial charge in [-0.3, -0.25) is 0 Å². The number of piperidine rings is 1. The molecule has 0 spiro atoms. The van der Waals surface area contributed by atoms with Crippen molar-refractivity contribution < 1.29 is 0 Å². The maximum atomic E-state index is 4.42. The summed E-state index contributed by atoms with van der Waals surface area (Å²) < 4.78 is 0. The molecule has 0 saturated carbocycles. The minimum absolute atomic E-state index is 0.469. The first-order valence-electron chi connectivity index (χ1n) is 7.98. The highest BCUT2D eigenvalue weighted by Gasteiger charge is 2.18. The van der Waals surface area contributed by atoms with Gasteiger partial charge in [-0.25, -0.2) is 0 Å². The fourth-order valence-corrected chi connectivity index (χ4v) is 3.05. The van der Waals surface area contributed by atoms with Crippen LogP contribution in [0.2, 0.25) is 0 Å². The molecule has 0 unspecified atom stereocenters. The molecule has 0 radical (unpaired) electrons. The van der Waals surface area contributed by atoms with Crippen LogP contribution < -0.4 is 5.32 Å². The van der Waals surface area contributed by atoms with Crippen LogP contribution in [0.15, 0.2) is 30.3 Å². The topological polar surface area (TPSA) is 41.0 Å². The third-order valence-electron chi connectivity index (χ3n) is 4.26. The SMILES string of the molecule is Cc1cccc(-c2cc(C)c(N[C@@H]3CCCN(C)C3)nn2)c1. The fourth-order valence-electron chi connectivity index (χ4n) is 3.05. The second-order valence-electron chi connectivity index (χ2n) is 6.38. The lowest BCUT2D eigenvalue weighted by atomic mass is 10.1. The molecule has 0 amide bonds. The minimum atomic E-state index is 0.469. The van der Waals surface area contributed by atoms with Gasteiger partial charge in [-0.1, -0.05) is 23.8 Å². The summed E-state index contributed by atoms with van der Waals surface area (Å²) >= 11 is 0. The van der Waals surface area contributed by atoms with Crippen molar-refractivity contribution >= 4 is 5.82 Å². The molecule has 4 heteroatoms. The van der Waals surface area contributed by atoms with E-state index >= 15 is 0 Å². The zero-order chi connectivity index (χ0) is 15.5. The Morgan fingerprint density at radius 3 is 2.77 bits per heavy atom. The Kier molecular flexibility index (Phi) is 4.39. The molecule has 3 rings (SSSR count). The summed E-state index contributed by atoms with van der Waals surface area (Å²) in [5.41, 5.74) is 4.45. The van der Waals surface area contributed by atoms with Crippen LogP contribution in [-0.2, 0) is 0 Å². The Labute approximate surface area is 132 Å². The number of nitrogens with zero attached hydrogens (tertiary/aromatic N) is 3. The number of aryl methyl sites for hydroxylation is 2. The lowest BCUT2D eigenvalue weighted by molar-refractivity contribution is 0.260. The first-order valence-corrected chi connectivity index (χ1v) is 7.98. The Balaban J connectivity index is 1.77. The molecule has 22 heavy (non-hydrogen) atoms. The Morgan fingerprint density at radius 2 is 2.05 bits per heavy atom. The van der Waals surface area contributed by atoms with Crippen molar-refractivity contribution in [2.45, 2.75) is 32.7 Å². The van der Waals surface area contributed by atoms with E-state index in [9.17, 15) is 0 Å². The number of hydrogen-bond donors (Lipinski definition) is 1. The highest BCUT2D eigenvalue weighted by atomic mass is 15.2. The van der Waals surface area contributed by atoms with E-state index in [0.29, 0.717) is 6.04 Å². The molecular weight excluding hydrogens is 272 g/mol. The van der Waals surface area contributed by atoms with E-state index in [1.54, 1.807) is 0 Å². The molecule has 116 valence electrons. The molecule has 0 bridgehead atoms. The van der Waals surface area contributed by atoms with Gasteiger partial charge >= 0.3 is 0 Å². The number of rotatable bonds is 3. The van der Waals surface area contributed by atoms with Gasteiger partial charge in [0.05, 0.1) is 5.69 Å². The van der Waals surface area contributed by atoms with Crippen molar-refractivity contribution in [3.63, 3.8) is 0 Å². The molecule has 1 aromatic carbocycles. The molecule has 2 aromatic rings. The van der Waals surface area contributed by atoms with E-state index in [2.05, 4.69) is 71.6 Å². The fraction of sp³-hybridized carbons (Fsp3) is 0.444. The van der Waals surface area contributed by atoms with Crippen LogP contribution in [0.3, 0.4) is 0 Å². The van der Waals surface area contributed by atoms with E-state index in [-0.39, 0.29) is 0 Å². The molecule has 1 atom stereocenters. The summed E-state index contributed by atoms with van der Waals surface area (Å²) in [6.07, 6.45) is 2.44. The second kappa shape index (κ2) is 6.44. The maximum Gasteiger partial charge on any atom is 0.151 e. The lowest BCUT2D eigenvalue weighted by Crippen LogP contribution is -2.40. The average Bonchev–Trinajstić information content (AvgIpc) is 2.49. The molecule has 2 heterocycles. The van der Waals surface area contributed by atoms with Gasteiger partial charge in [0.25, 0.3) is 0 Å². The van der Waals surface area contributed by atoms with Gasteiger partial charge in [-0.05, 0) is 58.0 Å². The summed E-state index contributed by atoms with van der Waals surface area (Å²) in [6.45, 7) is 6.46. The third-order valence-corrected chi connectivity index (χ3v) is 4.26. The van der Waals surface area contributed by atoms with Gasteiger partial charge in [0.1, 0.15) is 0 Å². The number of nitrogens with one attached hydrogen (secondary N) is 1. The highest BCUT2D eigenvalue weighted by Crippen LogP contribution is 2.22. The van der Waals surface area contributed by atoms with Gasteiger partial charge in [-0.2, -0.15) is 0 Å². The van der Waals surface area contributed by atoms with Crippen LogP contribution in [0.4, 0.5) is 5.82 Å². The van der Waals surface area contributed by atoms with Crippen LogP contribution in [0.25, 0.3) is 11.3 Å². The van der Waals surface area contributed by atoms with Gasteiger partial charge in [0.15, 0.2) is 5.82 Å². The van der Waals surface area contributed by atoms with Crippen molar-refractivity contribution in [2.75, 3.05) is 25.5 Å². The molecule has 1 saturated heterocycles. The van der Waals surface area contributed by atoms with Crippen molar-refractivity contribution in [1.29, 1.82) is 0 Å². The number of likely N-dealkylation sites (tertiary alicyclic amines) is 1. The van der Waals surface area contributed by atoms with E-state index in [0.717, 1.165) is 29.2 Å². The van der Waals surface area contributed by atoms with E-state index in [4.69, 9.17) is 0 Å². The van der Waals surface area contributed by atoms with Crippen molar-refractivity contribution in [2.24, 2.45) is 0 Å². The molecule has 4 nitrogen and oxygen atoms in total. The number of aromatic nitrogens is 2. The molecule has 1 aliphatic rings. The maximum absolute atomic E-state index is 4.42. The molecule has 1 fully saturated rings. The molecule has 0 aliphatic carbocycles. The Hall–Kier alpha value is -1.94. The van der Waals surface area contributed by atoms with Crippen LogP contribution in [-0.4, -0.2) is 41.3 Å². The average molecular weight is 296 g/mol. The third kappa shape index (κ3) is 3.45. The Morgan fingerprint density at radius 1 is 1.18 bits per heavy atom. The minimum Gasteiger partial charge on any atom is -0.364 e. The van der Waals surface area contributed by atoms with Gasteiger partial charge in [-0.15, -0.1) is 10.2 Å². The zero-order valence-corrected chi connectivity index (χ0v) is 13.6. The number of anilines is 1. The van der Waals surface area contributed by atoms with E-state index in [1.165, 1.54) is 24.9 Å². The van der Waals surface area contributed by atoms with Gasteiger partial charge < -0.3 is 10.2 Å². The predicted molar refractivity (Wildman–Crippen MR) is 91.1 cm³/mol. The van der Waals surface area contributed by atoms with E-state index in [1.807, 2.05) is 0 Å². The van der Waals surface area contributed by atoms with Crippen LogP contribution in [0, 0.1) is 13.8 Å². The van der Waals surface area contributed by atoms with Crippen molar-refractivity contribution in [3.8, 4) is 11.3 Å². The number of likely N-dealkylation sites (N-methyl/N-ethyl adjacent to an activating group) is 1. The van der Waals surface area contributed by atoms with Crippen LogP contribution in [0.1, 0.15) is 24.0 Å². The Bertz CT molecular complexity index is 653. The highest BCUT2D eigenvalue weighted by molar-refractivity contribution is 5.62. The summed E-state index contributed by atoms with van der Waals surface area (Å²) in [6, 6.07) is 11.0. The quantitative estimate of drug-likeness (QED) is 0.944. The number of hydrogen-bond acceptors (Lipinski definition) is 4. The molecule has 1 N–H and O–H groups in total. The van der Waals surface area contributed by atoms with Crippen molar-refractivity contribution in [1.82, 2.24) is 15.1 Å². The summed E-state index contributed by atoms with van der Waals surface area (Å²) in [4.78, 5) is 2.37. The van der Waals surface area contributed by atoms with E-state index < -0.39 is 0 Å². The largest absolute Gasteiger partial charge is 0.364 e. The summed E-state index contributed by atoms with van der Waals surface area (Å²) in [5.74, 6) is 0.914. The second-order valence-corrected chi connectivity index (χ2v) is 6.38. The molecular formula is C18H24N4. The molecule has 1 aliphatic heterocycles. The van der Waals surface area contributed by atoms with Gasteiger partial charge in [0, 0.05) is 18.2 Å². The summed E-state index contributed by atoms with van der Waals surface area (Å²) in [5, 5.41) is 12.4. The monoisotopic (exact) mass is 296 g/mol. The van der Waals surface area contributed by atoms with Gasteiger partial charge in [0.2, 0.25) is 0 Å². The standard InChI is InChI=1S/C18H24N4/c1-13-6-4-7-15(10-13)17-11-14(2)18(21-20-17)19-16-8-5-9-22(3)12-16/h4,6-7,10-11,16H,5,8-9,12H2,1-3H3,(H,19,21)/t16-/m1/s1. The number of benzene rings is 1. The summed E-state index contributed by atoms with van der Waals surface area (Å²) in [7, 11) is 2.17.